The average molecular weight is 450 g/mol. The van der Waals surface area contributed by atoms with Crippen molar-refractivity contribution in [1.29, 1.82) is 0 Å². The van der Waals surface area contributed by atoms with E-state index in [0.717, 1.165) is 16.3 Å². The molecule has 6 heteroatoms. The lowest BCUT2D eigenvalue weighted by Gasteiger charge is -2.26. The Morgan fingerprint density at radius 3 is 2.47 bits per heavy atom. The zero-order valence-electron chi connectivity index (χ0n) is 18.7. The van der Waals surface area contributed by atoms with Crippen molar-refractivity contribution in [1.82, 2.24) is 4.98 Å². The van der Waals surface area contributed by atoms with Crippen LogP contribution in [-0.4, -0.2) is 28.9 Å². The topological polar surface area (TPSA) is 79.7 Å². The zero-order chi connectivity index (χ0) is 23.8. The number of methoxy groups -OCH3 is 1. The van der Waals surface area contributed by atoms with E-state index >= 15 is 0 Å². The Morgan fingerprint density at radius 2 is 1.71 bits per heavy atom. The van der Waals surface area contributed by atoms with Crippen LogP contribution in [-0.2, 0) is 9.59 Å². The molecule has 1 amide bonds. The molecule has 0 spiro atoms. The summed E-state index contributed by atoms with van der Waals surface area (Å²) < 4.78 is 5.44. The van der Waals surface area contributed by atoms with Crippen molar-refractivity contribution < 1.29 is 19.4 Å². The number of Topliss-reactive ketones (excluding diaryl/α,β-unsaturated/α-hetero) is 1. The molecular formula is C28H22N2O4. The van der Waals surface area contributed by atoms with Gasteiger partial charge in [0.05, 0.1) is 30.0 Å². The number of aliphatic hydroxyl groups excluding tert-OH is 1. The van der Waals surface area contributed by atoms with E-state index in [1.165, 1.54) is 12.0 Å². The van der Waals surface area contributed by atoms with E-state index in [9.17, 15) is 14.7 Å². The van der Waals surface area contributed by atoms with Crippen LogP contribution < -0.4 is 9.64 Å². The van der Waals surface area contributed by atoms with Gasteiger partial charge in [0.2, 0.25) is 0 Å². The Hall–Kier alpha value is -4.45. The fraction of sp³-hybridized carbons (Fsp3) is 0.107. The number of rotatable bonds is 4. The highest BCUT2D eigenvalue weighted by Crippen LogP contribution is 2.44. The SMILES string of the molecule is COc1ccc(C)cc1/C(O)=C1\C(=O)C(=O)N(c2cccc3ccccc23)C1c1ccncc1. The van der Waals surface area contributed by atoms with Gasteiger partial charge < -0.3 is 9.84 Å². The highest BCUT2D eigenvalue weighted by molar-refractivity contribution is 6.52. The molecule has 1 aromatic heterocycles. The Bertz CT molecular complexity index is 1450. The quantitative estimate of drug-likeness (QED) is 0.263. The number of aliphatic hydroxyl groups is 1. The second kappa shape index (κ2) is 8.48. The number of ether oxygens (including phenoxy) is 1. The summed E-state index contributed by atoms with van der Waals surface area (Å²) in [6, 6.07) is 21.3. The number of carbonyl (C=O) groups is 2. The minimum Gasteiger partial charge on any atom is -0.507 e. The fourth-order valence-corrected chi connectivity index (χ4v) is 4.51. The van der Waals surface area contributed by atoms with Crippen LogP contribution in [0.2, 0.25) is 0 Å². The second-order valence-corrected chi connectivity index (χ2v) is 8.15. The number of aryl methyl sites for hydroxylation is 1. The van der Waals surface area contributed by atoms with Crippen molar-refractivity contribution in [2.75, 3.05) is 12.0 Å². The van der Waals surface area contributed by atoms with Crippen molar-refractivity contribution >= 4 is 33.9 Å². The van der Waals surface area contributed by atoms with Gasteiger partial charge in [0.15, 0.2) is 0 Å². The van der Waals surface area contributed by atoms with E-state index in [0.29, 0.717) is 22.6 Å². The Balaban J connectivity index is 1.80. The maximum atomic E-state index is 13.5. The first-order valence-electron chi connectivity index (χ1n) is 10.8. The van der Waals surface area contributed by atoms with Gasteiger partial charge in [0.1, 0.15) is 11.5 Å². The van der Waals surface area contributed by atoms with Gasteiger partial charge in [-0.1, -0.05) is 48.0 Å². The zero-order valence-corrected chi connectivity index (χ0v) is 18.7. The number of aromatic nitrogens is 1. The van der Waals surface area contributed by atoms with E-state index in [4.69, 9.17) is 4.74 Å². The molecule has 0 radical (unpaired) electrons. The number of benzene rings is 3. The third-order valence-electron chi connectivity index (χ3n) is 6.10. The summed E-state index contributed by atoms with van der Waals surface area (Å²) in [5, 5.41) is 13.2. The molecule has 3 aromatic carbocycles. The van der Waals surface area contributed by atoms with Gasteiger partial charge in [0.25, 0.3) is 11.7 Å². The van der Waals surface area contributed by atoms with Gasteiger partial charge in [-0.05, 0) is 48.2 Å². The Morgan fingerprint density at radius 1 is 0.971 bits per heavy atom. The number of nitrogens with zero attached hydrogens (tertiary/aromatic N) is 2. The van der Waals surface area contributed by atoms with Crippen LogP contribution >= 0.6 is 0 Å². The Labute approximate surface area is 196 Å². The summed E-state index contributed by atoms with van der Waals surface area (Å²) in [5.74, 6) is -1.32. The molecule has 1 saturated heterocycles. The summed E-state index contributed by atoms with van der Waals surface area (Å²) in [5.41, 5.74) is 2.50. The maximum Gasteiger partial charge on any atom is 0.300 e. The standard InChI is InChI=1S/C28H22N2O4/c1-17-10-11-23(34-2)21(16-17)26(31)24-25(19-12-14-29-15-13-19)30(28(33)27(24)32)22-9-5-7-18-6-3-4-8-20(18)22/h3-16,25,31H,1-2H3/b26-24+. The first kappa shape index (κ1) is 21.4. The van der Waals surface area contributed by atoms with Crippen molar-refractivity contribution in [2.45, 2.75) is 13.0 Å². The summed E-state index contributed by atoms with van der Waals surface area (Å²) in [6.07, 6.45) is 3.21. The molecule has 1 unspecified atom stereocenters. The molecule has 34 heavy (non-hydrogen) atoms. The van der Waals surface area contributed by atoms with Crippen molar-refractivity contribution in [3.63, 3.8) is 0 Å². The van der Waals surface area contributed by atoms with Crippen LogP contribution in [0, 0.1) is 6.92 Å². The number of fused-ring (bicyclic) bond motifs is 1. The first-order valence-corrected chi connectivity index (χ1v) is 10.8. The molecule has 4 aromatic rings. The monoisotopic (exact) mass is 450 g/mol. The molecule has 1 aliphatic rings. The predicted molar refractivity (Wildman–Crippen MR) is 131 cm³/mol. The van der Waals surface area contributed by atoms with E-state index < -0.39 is 17.7 Å². The molecule has 1 atom stereocenters. The van der Waals surface area contributed by atoms with Crippen LogP contribution in [0.3, 0.4) is 0 Å². The number of pyridine rings is 1. The van der Waals surface area contributed by atoms with E-state index in [1.807, 2.05) is 55.5 Å². The summed E-state index contributed by atoms with van der Waals surface area (Å²) in [7, 11) is 1.50. The van der Waals surface area contributed by atoms with Crippen LogP contribution in [0.15, 0.2) is 90.8 Å². The molecule has 6 nitrogen and oxygen atoms in total. The van der Waals surface area contributed by atoms with Gasteiger partial charge in [-0.3, -0.25) is 19.5 Å². The minimum absolute atomic E-state index is 0.00744. The molecule has 0 saturated carbocycles. The number of hydrogen-bond acceptors (Lipinski definition) is 5. The normalized spacial score (nSPS) is 17.4. The lowest BCUT2D eigenvalue weighted by Crippen LogP contribution is -2.29. The largest absolute Gasteiger partial charge is 0.507 e. The lowest BCUT2D eigenvalue weighted by atomic mass is 9.94. The van der Waals surface area contributed by atoms with Crippen LogP contribution in [0.1, 0.15) is 22.7 Å². The van der Waals surface area contributed by atoms with Crippen molar-refractivity contribution in [2.24, 2.45) is 0 Å². The van der Waals surface area contributed by atoms with Crippen LogP contribution in [0.4, 0.5) is 5.69 Å². The number of carbonyl (C=O) groups excluding carboxylic acids is 2. The molecule has 0 aliphatic carbocycles. The van der Waals surface area contributed by atoms with Gasteiger partial charge >= 0.3 is 0 Å². The lowest BCUT2D eigenvalue weighted by molar-refractivity contribution is -0.132. The average Bonchev–Trinajstić information content (AvgIpc) is 3.14. The number of amides is 1. The molecule has 1 aliphatic heterocycles. The molecule has 1 N–H and O–H groups in total. The molecule has 0 bridgehead atoms. The van der Waals surface area contributed by atoms with Crippen molar-refractivity contribution in [3.05, 3.63) is 107 Å². The summed E-state index contributed by atoms with van der Waals surface area (Å²) in [6.45, 7) is 1.88. The molecular weight excluding hydrogens is 428 g/mol. The van der Waals surface area contributed by atoms with Gasteiger partial charge in [-0.2, -0.15) is 0 Å². The van der Waals surface area contributed by atoms with Crippen LogP contribution in [0.25, 0.3) is 16.5 Å². The molecule has 1 fully saturated rings. The van der Waals surface area contributed by atoms with Crippen LogP contribution in [0.5, 0.6) is 5.75 Å². The number of anilines is 1. The third-order valence-corrected chi connectivity index (χ3v) is 6.10. The summed E-state index contributed by atoms with van der Waals surface area (Å²) in [4.78, 5) is 32.5. The van der Waals surface area contributed by atoms with E-state index in [-0.39, 0.29) is 11.3 Å². The number of hydrogen-bond donors (Lipinski definition) is 1. The van der Waals surface area contributed by atoms with Gasteiger partial charge in [-0.15, -0.1) is 0 Å². The highest BCUT2D eigenvalue weighted by Gasteiger charge is 2.47. The Kier molecular flexibility index (Phi) is 5.34. The highest BCUT2D eigenvalue weighted by atomic mass is 16.5. The smallest absolute Gasteiger partial charge is 0.300 e. The van der Waals surface area contributed by atoms with Gasteiger partial charge in [0, 0.05) is 17.8 Å². The minimum atomic E-state index is -0.834. The molecule has 5 rings (SSSR count). The predicted octanol–water partition coefficient (Wildman–Crippen LogP) is 5.18. The fourth-order valence-electron chi connectivity index (χ4n) is 4.51. The molecule has 2 heterocycles. The number of ketones is 1. The maximum absolute atomic E-state index is 13.5. The second-order valence-electron chi connectivity index (χ2n) is 8.15. The van der Waals surface area contributed by atoms with Crippen molar-refractivity contribution in [3.8, 4) is 5.75 Å². The summed E-state index contributed by atoms with van der Waals surface area (Å²) >= 11 is 0. The first-order chi connectivity index (χ1) is 16.5. The molecule has 168 valence electrons. The van der Waals surface area contributed by atoms with E-state index in [2.05, 4.69) is 4.98 Å². The van der Waals surface area contributed by atoms with Gasteiger partial charge in [-0.25, -0.2) is 0 Å². The van der Waals surface area contributed by atoms with E-state index in [1.54, 1.807) is 36.7 Å². The third kappa shape index (κ3) is 3.40.